The Morgan fingerprint density at radius 1 is 1.11 bits per heavy atom. The standard InChI is InChI=1S/C4H7Br3O2/c1-8-3(9-2)4(5,6)7/h3H,1-2H3. The second kappa shape index (κ2) is 4.28. The van der Waals surface area contributed by atoms with Gasteiger partial charge in [-0.2, -0.15) is 0 Å². The van der Waals surface area contributed by atoms with Gasteiger partial charge in [-0.05, 0) is 0 Å². The smallest absolute Gasteiger partial charge is 0.192 e. The highest BCUT2D eigenvalue weighted by atomic mass is 80.0. The van der Waals surface area contributed by atoms with Gasteiger partial charge in [-0.1, -0.05) is 47.8 Å². The fraction of sp³-hybridized carbons (Fsp3) is 1.00. The van der Waals surface area contributed by atoms with Crippen molar-refractivity contribution < 1.29 is 9.47 Å². The number of ether oxygens (including phenoxy) is 2. The van der Waals surface area contributed by atoms with E-state index >= 15 is 0 Å². The molecule has 9 heavy (non-hydrogen) atoms. The van der Waals surface area contributed by atoms with E-state index in [9.17, 15) is 0 Å². The lowest BCUT2D eigenvalue weighted by atomic mass is 10.7. The molecule has 0 aliphatic heterocycles. The molecule has 0 aliphatic rings. The summed E-state index contributed by atoms with van der Waals surface area (Å²) in [5.74, 6) is 0. The maximum absolute atomic E-state index is 4.90. The molecule has 0 bridgehead atoms. The molecule has 0 rings (SSSR count). The summed E-state index contributed by atoms with van der Waals surface area (Å²) >= 11 is 9.75. The molecule has 0 saturated carbocycles. The van der Waals surface area contributed by atoms with Crippen LogP contribution in [0.15, 0.2) is 0 Å². The van der Waals surface area contributed by atoms with Gasteiger partial charge in [0.1, 0.15) is 0 Å². The molecular weight excluding hydrogens is 320 g/mol. The van der Waals surface area contributed by atoms with Gasteiger partial charge in [-0.15, -0.1) is 0 Å². The average molecular weight is 327 g/mol. The van der Waals surface area contributed by atoms with Crippen molar-refractivity contribution in [3.05, 3.63) is 0 Å². The van der Waals surface area contributed by atoms with Gasteiger partial charge in [0.25, 0.3) is 0 Å². The molecular formula is C4H7Br3O2. The van der Waals surface area contributed by atoms with Crippen LogP contribution in [-0.4, -0.2) is 22.7 Å². The Hall–Kier alpha value is 1.36. The Bertz CT molecular complexity index is 76.4. The molecule has 0 N–H and O–H groups in total. The molecule has 0 amide bonds. The van der Waals surface area contributed by atoms with Gasteiger partial charge in [0.05, 0.1) is 0 Å². The number of methoxy groups -OCH3 is 2. The first-order valence-electron chi connectivity index (χ1n) is 2.14. The third-order valence-corrected chi connectivity index (χ3v) is 1.82. The molecule has 0 radical (unpaired) electrons. The number of alkyl halides is 3. The van der Waals surface area contributed by atoms with Crippen LogP contribution in [0.1, 0.15) is 0 Å². The van der Waals surface area contributed by atoms with Crippen molar-refractivity contribution >= 4 is 47.8 Å². The Labute approximate surface area is 79.7 Å². The zero-order valence-electron chi connectivity index (χ0n) is 5.03. The summed E-state index contributed by atoms with van der Waals surface area (Å²) in [5, 5.41) is 0. The molecule has 2 nitrogen and oxygen atoms in total. The van der Waals surface area contributed by atoms with Gasteiger partial charge in [0.15, 0.2) is 8.43 Å². The quantitative estimate of drug-likeness (QED) is 0.573. The van der Waals surface area contributed by atoms with E-state index in [1.165, 1.54) is 0 Å². The second-order valence-electron chi connectivity index (χ2n) is 1.34. The van der Waals surface area contributed by atoms with Crippen molar-refractivity contribution in [1.29, 1.82) is 0 Å². The van der Waals surface area contributed by atoms with Crippen molar-refractivity contribution in [1.82, 2.24) is 0 Å². The van der Waals surface area contributed by atoms with Crippen molar-refractivity contribution in [2.45, 2.75) is 8.43 Å². The van der Waals surface area contributed by atoms with Crippen LogP contribution >= 0.6 is 47.8 Å². The maximum Gasteiger partial charge on any atom is 0.192 e. The molecule has 0 aromatic heterocycles. The van der Waals surface area contributed by atoms with Crippen LogP contribution in [0.3, 0.4) is 0 Å². The number of rotatable bonds is 2. The molecule has 0 atom stereocenters. The predicted octanol–water partition coefficient (Wildman–Crippen LogP) is 2.44. The van der Waals surface area contributed by atoms with Crippen LogP contribution in [0.2, 0.25) is 0 Å². The monoisotopic (exact) mass is 324 g/mol. The Morgan fingerprint density at radius 2 is 1.44 bits per heavy atom. The van der Waals surface area contributed by atoms with Crippen molar-refractivity contribution in [2.75, 3.05) is 14.2 Å². The summed E-state index contributed by atoms with van der Waals surface area (Å²) in [5.41, 5.74) is 0. The van der Waals surface area contributed by atoms with E-state index in [2.05, 4.69) is 47.8 Å². The lowest BCUT2D eigenvalue weighted by molar-refractivity contribution is -0.0914. The number of hydrogen-bond acceptors (Lipinski definition) is 2. The van der Waals surface area contributed by atoms with Crippen LogP contribution in [0, 0.1) is 0 Å². The molecule has 0 aromatic rings. The van der Waals surface area contributed by atoms with Gasteiger partial charge >= 0.3 is 0 Å². The van der Waals surface area contributed by atoms with Crippen LogP contribution in [0.4, 0.5) is 0 Å². The van der Waals surface area contributed by atoms with Gasteiger partial charge in [0, 0.05) is 14.2 Å². The lowest BCUT2D eigenvalue weighted by Gasteiger charge is -2.21. The number of hydrogen-bond donors (Lipinski definition) is 0. The van der Waals surface area contributed by atoms with Gasteiger partial charge in [0.2, 0.25) is 0 Å². The van der Waals surface area contributed by atoms with E-state index < -0.39 is 2.14 Å². The highest BCUT2D eigenvalue weighted by Crippen LogP contribution is 2.38. The summed E-state index contributed by atoms with van der Waals surface area (Å²) in [6.45, 7) is 0. The highest BCUT2D eigenvalue weighted by Gasteiger charge is 2.30. The first kappa shape index (κ1) is 10.4. The third kappa shape index (κ3) is 3.93. The van der Waals surface area contributed by atoms with E-state index in [-0.39, 0.29) is 6.29 Å². The minimum Gasteiger partial charge on any atom is -0.353 e. The van der Waals surface area contributed by atoms with Crippen LogP contribution in [-0.2, 0) is 9.47 Å². The first-order chi connectivity index (χ1) is 4.02. The van der Waals surface area contributed by atoms with Crippen molar-refractivity contribution in [3.63, 3.8) is 0 Å². The first-order valence-corrected chi connectivity index (χ1v) is 4.52. The Balaban J connectivity index is 3.79. The summed E-state index contributed by atoms with van der Waals surface area (Å²) in [6.07, 6.45) is -0.350. The lowest BCUT2D eigenvalue weighted by Crippen LogP contribution is -2.27. The van der Waals surface area contributed by atoms with Gasteiger partial charge < -0.3 is 9.47 Å². The molecule has 56 valence electrons. The molecule has 0 saturated heterocycles. The third-order valence-electron chi connectivity index (χ3n) is 0.695. The predicted molar refractivity (Wildman–Crippen MR) is 47.3 cm³/mol. The van der Waals surface area contributed by atoms with E-state index in [1.807, 2.05) is 0 Å². The van der Waals surface area contributed by atoms with E-state index in [4.69, 9.17) is 9.47 Å². The minimum atomic E-state index is -0.490. The number of halogens is 3. The largest absolute Gasteiger partial charge is 0.353 e. The molecule has 0 heterocycles. The minimum absolute atomic E-state index is 0.350. The SMILES string of the molecule is COC(OC)C(Br)(Br)Br. The normalized spacial score (nSPS) is 12.7. The zero-order chi connectivity index (χ0) is 7.49. The average Bonchev–Trinajstić information content (AvgIpc) is 1.65. The molecule has 0 fully saturated rings. The summed E-state index contributed by atoms with van der Waals surface area (Å²) < 4.78 is 9.31. The van der Waals surface area contributed by atoms with Gasteiger partial charge in [-0.3, -0.25) is 0 Å². The van der Waals surface area contributed by atoms with E-state index in [0.29, 0.717) is 0 Å². The zero-order valence-corrected chi connectivity index (χ0v) is 9.79. The summed E-state index contributed by atoms with van der Waals surface area (Å²) in [4.78, 5) is 0. The molecule has 0 aliphatic carbocycles. The fourth-order valence-corrected chi connectivity index (χ4v) is 1.48. The maximum atomic E-state index is 4.90. The van der Waals surface area contributed by atoms with E-state index in [0.717, 1.165) is 0 Å². The molecule has 5 heteroatoms. The summed E-state index contributed by atoms with van der Waals surface area (Å²) in [6, 6.07) is 0. The Morgan fingerprint density at radius 3 is 1.44 bits per heavy atom. The molecule has 0 aromatic carbocycles. The van der Waals surface area contributed by atoms with Crippen molar-refractivity contribution in [3.8, 4) is 0 Å². The molecule has 0 unspecified atom stereocenters. The Kier molecular flexibility index (Phi) is 4.93. The van der Waals surface area contributed by atoms with Crippen molar-refractivity contribution in [2.24, 2.45) is 0 Å². The fourth-order valence-electron chi connectivity index (χ4n) is 0.363. The van der Waals surface area contributed by atoms with Crippen LogP contribution in [0.25, 0.3) is 0 Å². The highest BCUT2D eigenvalue weighted by molar-refractivity contribution is 9.39. The van der Waals surface area contributed by atoms with Crippen LogP contribution in [0.5, 0.6) is 0 Å². The topological polar surface area (TPSA) is 18.5 Å². The van der Waals surface area contributed by atoms with Gasteiger partial charge in [-0.25, -0.2) is 0 Å². The molecule has 0 spiro atoms. The summed E-state index contributed by atoms with van der Waals surface area (Å²) in [7, 11) is 3.12. The van der Waals surface area contributed by atoms with Crippen LogP contribution < -0.4 is 0 Å². The van der Waals surface area contributed by atoms with E-state index in [1.54, 1.807) is 14.2 Å². The second-order valence-corrected chi connectivity index (χ2v) is 8.29.